The molecule has 3 aromatic carbocycles. The second-order valence-corrected chi connectivity index (χ2v) is 11.7. The molecule has 0 spiro atoms. The molecule has 0 bridgehead atoms. The van der Waals surface area contributed by atoms with Crippen molar-refractivity contribution >= 4 is 50.0 Å². The molecule has 0 aliphatic heterocycles. The maximum Gasteiger partial charge on any atom is 0.329 e. The number of ether oxygens (including phenoxy) is 2. The van der Waals surface area contributed by atoms with E-state index in [1.807, 2.05) is 81.4 Å². The summed E-state index contributed by atoms with van der Waals surface area (Å²) in [4.78, 5) is 41.1. The van der Waals surface area contributed by atoms with Crippen LogP contribution in [0.25, 0.3) is 20.9 Å². The summed E-state index contributed by atoms with van der Waals surface area (Å²) in [7, 11) is 1.59. The molecule has 0 saturated carbocycles. The summed E-state index contributed by atoms with van der Waals surface area (Å²) in [5.74, 6) is -0.675. The van der Waals surface area contributed by atoms with E-state index in [-0.39, 0.29) is 12.5 Å². The fourth-order valence-electron chi connectivity index (χ4n) is 5.25. The molecule has 11 heteroatoms. The molecule has 1 heterocycles. The third-order valence-electron chi connectivity index (χ3n) is 7.47. The van der Waals surface area contributed by atoms with Gasteiger partial charge in [-0.3, -0.25) is 15.0 Å². The van der Waals surface area contributed by atoms with E-state index in [4.69, 9.17) is 9.47 Å². The first kappa shape index (κ1) is 33.9. The molecule has 240 valence electrons. The van der Waals surface area contributed by atoms with Gasteiger partial charge in [0.15, 0.2) is 6.29 Å². The number of nitrogens with zero attached hydrogens (tertiary/aromatic N) is 2. The predicted molar refractivity (Wildman–Crippen MR) is 178 cm³/mol. The molecular weight excluding hydrogens is 590 g/mol. The predicted octanol–water partition coefficient (Wildman–Crippen LogP) is 5.02. The van der Waals surface area contributed by atoms with E-state index >= 15 is 0 Å². The number of carbonyl (C=O) groups is 3. The Labute approximate surface area is 268 Å². The standard InChI is InChI=1S/C34H43N5O5S/c1-6-43-33(44-7-2)24(4)39(20-27-22-45-30-18-11-10-17-29(27)30)32(41)23(3)36-31(40)21-38(5)37-34(42)35-19-26-15-12-14-25-13-8-9-16-28(25)26/h8-18,22-24,33H,6-7,19-21H2,1-5H3,(H,36,40)(H2,35,37,42). The number of nitrogens with one attached hydrogen (secondary N) is 3. The molecule has 4 aromatic rings. The van der Waals surface area contributed by atoms with E-state index in [9.17, 15) is 14.4 Å². The molecule has 10 nitrogen and oxygen atoms in total. The summed E-state index contributed by atoms with van der Waals surface area (Å²) < 4.78 is 12.8. The number of rotatable bonds is 15. The molecule has 1 aromatic heterocycles. The van der Waals surface area contributed by atoms with Crippen LogP contribution in [0.4, 0.5) is 4.79 Å². The number of benzene rings is 3. The van der Waals surface area contributed by atoms with Crippen molar-refractivity contribution < 1.29 is 23.9 Å². The number of amides is 4. The third kappa shape index (κ3) is 9.01. The van der Waals surface area contributed by atoms with Gasteiger partial charge in [-0.05, 0) is 66.4 Å². The van der Waals surface area contributed by atoms with E-state index in [2.05, 4.69) is 27.5 Å². The van der Waals surface area contributed by atoms with Crippen LogP contribution in [0.2, 0.25) is 0 Å². The van der Waals surface area contributed by atoms with Crippen molar-refractivity contribution in [3.63, 3.8) is 0 Å². The Bertz CT molecular complexity index is 1580. The van der Waals surface area contributed by atoms with Crippen molar-refractivity contribution in [2.45, 2.75) is 59.2 Å². The van der Waals surface area contributed by atoms with E-state index in [1.54, 1.807) is 30.2 Å². The molecule has 4 amide bonds. The van der Waals surface area contributed by atoms with Crippen LogP contribution in [-0.4, -0.2) is 72.9 Å². The lowest BCUT2D eigenvalue weighted by Crippen LogP contribution is -2.55. The first-order chi connectivity index (χ1) is 21.7. The summed E-state index contributed by atoms with van der Waals surface area (Å²) in [6.07, 6.45) is -0.625. The van der Waals surface area contributed by atoms with Gasteiger partial charge in [-0.15, -0.1) is 11.3 Å². The van der Waals surface area contributed by atoms with E-state index in [0.717, 1.165) is 32.0 Å². The number of hydrazine groups is 1. The number of hydrogen-bond acceptors (Lipinski definition) is 7. The zero-order valence-corrected chi connectivity index (χ0v) is 27.4. The second kappa shape index (κ2) is 16.3. The van der Waals surface area contributed by atoms with Crippen LogP contribution >= 0.6 is 11.3 Å². The van der Waals surface area contributed by atoms with Gasteiger partial charge >= 0.3 is 6.03 Å². The minimum absolute atomic E-state index is 0.148. The lowest BCUT2D eigenvalue weighted by Gasteiger charge is -2.36. The van der Waals surface area contributed by atoms with Crippen LogP contribution in [0.3, 0.4) is 0 Å². The Balaban J connectivity index is 1.36. The highest BCUT2D eigenvalue weighted by atomic mass is 32.1. The van der Waals surface area contributed by atoms with Gasteiger partial charge in [0.2, 0.25) is 11.8 Å². The molecule has 0 radical (unpaired) electrons. The average Bonchev–Trinajstić information content (AvgIpc) is 3.44. The molecule has 0 aliphatic carbocycles. The van der Waals surface area contributed by atoms with Crippen molar-refractivity contribution in [1.29, 1.82) is 0 Å². The molecule has 0 aliphatic rings. The summed E-state index contributed by atoms with van der Waals surface area (Å²) in [5.41, 5.74) is 4.66. The van der Waals surface area contributed by atoms with Crippen molar-refractivity contribution in [3.05, 3.63) is 83.2 Å². The van der Waals surface area contributed by atoms with Crippen molar-refractivity contribution in [2.24, 2.45) is 0 Å². The van der Waals surface area contributed by atoms with E-state index in [1.165, 1.54) is 5.01 Å². The normalized spacial score (nSPS) is 12.8. The highest BCUT2D eigenvalue weighted by Gasteiger charge is 2.32. The minimum Gasteiger partial charge on any atom is -0.351 e. The van der Waals surface area contributed by atoms with Gasteiger partial charge in [-0.2, -0.15) is 0 Å². The third-order valence-corrected chi connectivity index (χ3v) is 8.49. The van der Waals surface area contributed by atoms with Crippen molar-refractivity contribution in [3.8, 4) is 0 Å². The second-order valence-electron chi connectivity index (χ2n) is 10.8. The fraction of sp³-hybridized carbons (Fsp3) is 0.382. The van der Waals surface area contributed by atoms with Crippen LogP contribution in [0.15, 0.2) is 72.1 Å². The number of urea groups is 1. The Morgan fingerprint density at radius 2 is 1.53 bits per heavy atom. The first-order valence-electron chi connectivity index (χ1n) is 15.2. The van der Waals surface area contributed by atoms with Gasteiger partial charge in [-0.25, -0.2) is 9.80 Å². The van der Waals surface area contributed by atoms with Crippen molar-refractivity contribution in [2.75, 3.05) is 26.8 Å². The van der Waals surface area contributed by atoms with Crippen LogP contribution in [0, 0.1) is 0 Å². The van der Waals surface area contributed by atoms with Crippen molar-refractivity contribution in [1.82, 2.24) is 26.0 Å². The largest absolute Gasteiger partial charge is 0.351 e. The molecule has 2 atom stereocenters. The van der Waals surface area contributed by atoms with Gasteiger partial charge in [0.1, 0.15) is 6.04 Å². The van der Waals surface area contributed by atoms with Crippen LogP contribution in [0.5, 0.6) is 0 Å². The van der Waals surface area contributed by atoms with Gasteiger partial charge < -0.3 is 25.0 Å². The molecular formula is C34H43N5O5S. The lowest BCUT2D eigenvalue weighted by atomic mass is 10.0. The number of fused-ring (bicyclic) bond motifs is 2. The maximum atomic E-state index is 13.9. The molecule has 45 heavy (non-hydrogen) atoms. The highest BCUT2D eigenvalue weighted by molar-refractivity contribution is 7.17. The Kier molecular flexibility index (Phi) is 12.3. The molecule has 3 N–H and O–H groups in total. The van der Waals surface area contributed by atoms with Gasteiger partial charge in [0.25, 0.3) is 0 Å². The van der Waals surface area contributed by atoms with Crippen LogP contribution in [-0.2, 0) is 32.2 Å². The Morgan fingerprint density at radius 3 is 2.27 bits per heavy atom. The quantitative estimate of drug-likeness (QED) is 0.125. The number of likely N-dealkylation sites (N-methyl/N-ethyl adjacent to an activating group) is 1. The van der Waals surface area contributed by atoms with E-state index in [0.29, 0.717) is 26.3 Å². The first-order valence-corrected chi connectivity index (χ1v) is 16.1. The minimum atomic E-state index is -0.831. The van der Waals surface area contributed by atoms with Crippen LogP contribution < -0.4 is 16.1 Å². The molecule has 2 unspecified atom stereocenters. The smallest absolute Gasteiger partial charge is 0.329 e. The summed E-state index contributed by atoms with van der Waals surface area (Å²) in [6.45, 7) is 8.70. The molecule has 0 saturated heterocycles. The van der Waals surface area contributed by atoms with Gasteiger partial charge in [0, 0.05) is 38.1 Å². The SMILES string of the molecule is CCOC(OCC)C(C)N(Cc1csc2ccccc12)C(=O)C(C)NC(=O)CN(C)NC(=O)NCc1cccc2ccccc12. The van der Waals surface area contributed by atoms with E-state index < -0.39 is 30.3 Å². The summed E-state index contributed by atoms with van der Waals surface area (Å²) in [5, 5.41) is 12.3. The molecule has 4 rings (SSSR count). The zero-order chi connectivity index (χ0) is 32.3. The fourth-order valence-corrected chi connectivity index (χ4v) is 6.20. The zero-order valence-electron chi connectivity index (χ0n) is 26.5. The summed E-state index contributed by atoms with van der Waals surface area (Å²) >= 11 is 1.63. The molecule has 0 fully saturated rings. The summed E-state index contributed by atoms with van der Waals surface area (Å²) in [6, 6.07) is 20.3. The maximum absolute atomic E-state index is 13.9. The average molecular weight is 634 g/mol. The Hall–Kier alpha value is -4.03. The number of hydrogen-bond donors (Lipinski definition) is 3. The Morgan fingerprint density at radius 1 is 0.867 bits per heavy atom. The lowest BCUT2D eigenvalue weighted by molar-refractivity contribution is -0.179. The van der Waals surface area contributed by atoms with Gasteiger partial charge in [0.05, 0.1) is 12.6 Å². The number of carbonyl (C=O) groups excluding carboxylic acids is 3. The van der Waals surface area contributed by atoms with Gasteiger partial charge in [-0.1, -0.05) is 60.7 Å². The van der Waals surface area contributed by atoms with Crippen LogP contribution in [0.1, 0.15) is 38.8 Å². The monoisotopic (exact) mass is 633 g/mol. The topological polar surface area (TPSA) is 112 Å². The highest BCUT2D eigenvalue weighted by Crippen LogP contribution is 2.28. The number of thiophene rings is 1.